The summed E-state index contributed by atoms with van der Waals surface area (Å²) in [5.41, 5.74) is 7.03. The van der Waals surface area contributed by atoms with Crippen LogP contribution in [0.5, 0.6) is 5.75 Å². The van der Waals surface area contributed by atoms with Gasteiger partial charge in [0.15, 0.2) is 5.75 Å². The lowest BCUT2D eigenvalue weighted by Crippen LogP contribution is -2.19. The summed E-state index contributed by atoms with van der Waals surface area (Å²) >= 11 is 16.8. The molecule has 0 radical (unpaired) electrons. The third-order valence-corrected chi connectivity index (χ3v) is 7.91. The molecule has 0 unspecified atom stereocenters. The van der Waals surface area contributed by atoms with Crippen LogP contribution in [0.3, 0.4) is 0 Å². The van der Waals surface area contributed by atoms with E-state index in [0.29, 0.717) is 31.9 Å². The zero-order valence-electron chi connectivity index (χ0n) is 20.8. The quantitative estimate of drug-likeness (QED) is 0.0788. The van der Waals surface area contributed by atoms with E-state index >= 15 is 0 Å². The molecule has 5 rings (SSSR count). The van der Waals surface area contributed by atoms with E-state index in [-0.39, 0.29) is 5.75 Å². The second-order valence-corrected chi connectivity index (χ2v) is 11.9. The summed E-state index contributed by atoms with van der Waals surface area (Å²) in [4.78, 5) is 29.4. The largest absolute Gasteiger partial charge is 0.421 e. The van der Waals surface area contributed by atoms with E-state index in [9.17, 15) is 9.59 Å². The van der Waals surface area contributed by atoms with Crippen LogP contribution in [-0.2, 0) is 0 Å². The van der Waals surface area contributed by atoms with Crippen LogP contribution in [-0.4, -0.2) is 23.1 Å². The third kappa shape index (κ3) is 6.07. The number of aromatic nitrogens is 1. The molecule has 0 saturated carbocycles. The van der Waals surface area contributed by atoms with Gasteiger partial charge in [0, 0.05) is 41.6 Å². The maximum atomic E-state index is 13.4. The SMILES string of the molecule is Cc1ccc2[nH]c(C(=O)NN=Cc3cc(Br)cc(Br)c3OC(=O)c3ccc(Br)cc3)c(-c3ccccc3Cl)c2c1. The molecule has 0 atom stereocenters. The van der Waals surface area contributed by atoms with Crippen molar-refractivity contribution in [1.29, 1.82) is 0 Å². The van der Waals surface area contributed by atoms with Crippen LogP contribution in [0.1, 0.15) is 32.0 Å². The summed E-state index contributed by atoms with van der Waals surface area (Å²) < 4.78 is 7.80. The number of hydrazone groups is 1. The highest BCUT2D eigenvalue weighted by atomic mass is 79.9. The van der Waals surface area contributed by atoms with E-state index in [2.05, 4.69) is 63.3 Å². The summed E-state index contributed by atoms with van der Waals surface area (Å²) in [6, 6.07) is 23.6. The number of halogens is 4. The van der Waals surface area contributed by atoms with Crippen LogP contribution in [0, 0.1) is 6.92 Å². The summed E-state index contributed by atoms with van der Waals surface area (Å²) in [6.07, 6.45) is 1.42. The first kappa shape index (κ1) is 28.3. The Bertz CT molecular complexity index is 1800. The van der Waals surface area contributed by atoms with Crippen molar-refractivity contribution in [2.24, 2.45) is 5.10 Å². The number of benzene rings is 4. The molecular formula is C30H19Br3ClN3O3. The lowest BCUT2D eigenvalue weighted by Gasteiger charge is -2.11. The zero-order chi connectivity index (χ0) is 28.4. The smallest absolute Gasteiger partial charge is 0.343 e. The number of nitrogens with zero attached hydrogens (tertiary/aromatic N) is 1. The van der Waals surface area contributed by atoms with Crippen LogP contribution in [0.15, 0.2) is 97.4 Å². The van der Waals surface area contributed by atoms with Crippen LogP contribution < -0.4 is 10.2 Å². The van der Waals surface area contributed by atoms with Crippen LogP contribution in [0.4, 0.5) is 0 Å². The van der Waals surface area contributed by atoms with Gasteiger partial charge in [-0.25, -0.2) is 10.2 Å². The molecule has 0 spiro atoms. The fraction of sp³-hybridized carbons (Fsp3) is 0.0333. The number of amides is 1. The molecule has 5 aromatic rings. The fourth-order valence-corrected chi connectivity index (χ4v) is 5.99. The molecule has 10 heteroatoms. The number of nitrogens with one attached hydrogen (secondary N) is 2. The number of hydrogen-bond donors (Lipinski definition) is 2. The predicted molar refractivity (Wildman–Crippen MR) is 169 cm³/mol. The number of H-pyrrole nitrogens is 1. The van der Waals surface area contributed by atoms with E-state index in [1.165, 1.54) is 6.21 Å². The number of aromatic amines is 1. The molecule has 0 fully saturated rings. The molecule has 1 amide bonds. The molecule has 4 aromatic carbocycles. The highest BCUT2D eigenvalue weighted by Crippen LogP contribution is 2.37. The number of rotatable bonds is 6. The second kappa shape index (κ2) is 12.1. The summed E-state index contributed by atoms with van der Waals surface area (Å²) in [7, 11) is 0. The van der Waals surface area contributed by atoms with Crippen molar-refractivity contribution >= 4 is 88.4 Å². The molecule has 1 aromatic heterocycles. The number of aryl methyl sites for hydroxylation is 1. The van der Waals surface area contributed by atoms with Crippen molar-refractivity contribution < 1.29 is 14.3 Å². The molecule has 2 N–H and O–H groups in total. The minimum atomic E-state index is -0.535. The van der Waals surface area contributed by atoms with Crippen LogP contribution in [0.2, 0.25) is 5.02 Å². The van der Waals surface area contributed by atoms with Crippen LogP contribution >= 0.6 is 59.4 Å². The molecule has 1 heterocycles. The molecule has 0 bridgehead atoms. The van der Waals surface area contributed by atoms with Gasteiger partial charge in [-0.3, -0.25) is 4.79 Å². The fourth-order valence-electron chi connectivity index (χ4n) is 4.16. The molecule has 40 heavy (non-hydrogen) atoms. The molecule has 0 aliphatic heterocycles. The first-order valence-electron chi connectivity index (χ1n) is 11.9. The molecule has 0 saturated heterocycles. The zero-order valence-corrected chi connectivity index (χ0v) is 26.3. The van der Waals surface area contributed by atoms with Gasteiger partial charge in [0.25, 0.3) is 5.91 Å². The highest BCUT2D eigenvalue weighted by Gasteiger charge is 2.21. The average Bonchev–Trinajstić information content (AvgIpc) is 3.29. The standard InChI is InChI=1S/C30H19Br3ClN3O3/c1-16-6-11-25-22(12-16)26(21-4-2-3-5-24(21)34)27(36-25)29(38)37-35-15-18-13-20(32)14-23(33)28(18)40-30(39)17-7-9-19(31)10-8-17/h2-15,36H,1H3,(H,37,38). The number of carbonyl (C=O) groups is 2. The van der Waals surface area contributed by atoms with Crippen molar-refractivity contribution in [3.63, 3.8) is 0 Å². The lowest BCUT2D eigenvalue weighted by atomic mass is 10.0. The topological polar surface area (TPSA) is 83.6 Å². The van der Waals surface area contributed by atoms with E-state index in [1.54, 1.807) is 42.5 Å². The highest BCUT2D eigenvalue weighted by molar-refractivity contribution is 9.11. The molecular weight excluding hydrogens is 726 g/mol. The van der Waals surface area contributed by atoms with Crippen LogP contribution in [0.25, 0.3) is 22.0 Å². The van der Waals surface area contributed by atoms with Gasteiger partial charge < -0.3 is 9.72 Å². The van der Waals surface area contributed by atoms with Crippen molar-refractivity contribution in [3.8, 4) is 16.9 Å². The number of hydrogen-bond acceptors (Lipinski definition) is 4. The molecule has 200 valence electrons. The normalized spacial score (nSPS) is 11.2. The summed E-state index contributed by atoms with van der Waals surface area (Å²) in [5, 5.41) is 5.58. The van der Waals surface area contributed by atoms with Gasteiger partial charge in [-0.1, -0.05) is 73.3 Å². The predicted octanol–water partition coefficient (Wildman–Crippen LogP) is 9.07. The number of fused-ring (bicyclic) bond motifs is 1. The van der Waals surface area contributed by atoms with Gasteiger partial charge >= 0.3 is 5.97 Å². The van der Waals surface area contributed by atoms with Crippen molar-refractivity contribution in [3.05, 3.63) is 120 Å². The van der Waals surface area contributed by atoms with E-state index in [0.717, 1.165) is 31.0 Å². The van der Waals surface area contributed by atoms with Gasteiger partial charge in [0.2, 0.25) is 0 Å². The van der Waals surface area contributed by atoms with Crippen molar-refractivity contribution in [1.82, 2.24) is 10.4 Å². The maximum absolute atomic E-state index is 13.4. The Morgan fingerprint density at radius 2 is 1.70 bits per heavy atom. The number of esters is 1. The van der Waals surface area contributed by atoms with Gasteiger partial charge in [-0.2, -0.15) is 5.10 Å². The Labute approximate surface area is 260 Å². The molecule has 6 nitrogen and oxygen atoms in total. The van der Waals surface area contributed by atoms with Gasteiger partial charge in [-0.05, 0) is 77.5 Å². The van der Waals surface area contributed by atoms with Gasteiger partial charge in [0.05, 0.1) is 16.3 Å². The van der Waals surface area contributed by atoms with Gasteiger partial charge in [0.1, 0.15) is 5.69 Å². The maximum Gasteiger partial charge on any atom is 0.343 e. The summed E-state index contributed by atoms with van der Waals surface area (Å²) in [5.74, 6) is -0.735. The number of carbonyl (C=O) groups excluding carboxylic acids is 2. The Morgan fingerprint density at radius 1 is 0.950 bits per heavy atom. The molecule has 0 aliphatic carbocycles. The second-order valence-electron chi connectivity index (χ2n) is 8.81. The lowest BCUT2D eigenvalue weighted by molar-refractivity contribution is 0.0733. The van der Waals surface area contributed by atoms with E-state index < -0.39 is 11.9 Å². The van der Waals surface area contributed by atoms with Crippen molar-refractivity contribution in [2.75, 3.05) is 0 Å². The Morgan fingerprint density at radius 3 is 2.45 bits per heavy atom. The van der Waals surface area contributed by atoms with E-state index in [4.69, 9.17) is 16.3 Å². The monoisotopic (exact) mass is 741 g/mol. The minimum Gasteiger partial charge on any atom is -0.421 e. The third-order valence-electron chi connectivity index (χ3n) is 6.01. The number of ether oxygens (including phenoxy) is 1. The first-order valence-corrected chi connectivity index (χ1v) is 14.6. The first-order chi connectivity index (χ1) is 19.2. The van der Waals surface area contributed by atoms with Crippen molar-refractivity contribution in [2.45, 2.75) is 6.92 Å². The van der Waals surface area contributed by atoms with Gasteiger partial charge in [-0.15, -0.1) is 0 Å². The minimum absolute atomic E-state index is 0.256. The van der Waals surface area contributed by atoms with E-state index in [1.807, 2.05) is 43.3 Å². The Kier molecular flexibility index (Phi) is 8.56. The molecule has 0 aliphatic rings. The average molecular weight is 745 g/mol. The Balaban J connectivity index is 1.45. The summed E-state index contributed by atoms with van der Waals surface area (Å²) in [6.45, 7) is 1.99. The Hall–Kier alpha value is -3.24.